The lowest BCUT2D eigenvalue weighted by Crippen LogP contribution is -2.28. The smallest absolute Gasteiger partial charge is 0.248 e. The number of nitrogens with zero attached hydrogens (tertiary/aromatic N) is 2. The molecule has 3 nitrogen and oxygen atoms in total. The van der Waals surface area contributed by atoms with Crippen LogP contribution in [0.1, 0.15) is 43.8 Å². The molecule has 0 amide bonds. The number of halogens is 2. The highest BCUT2D eigenvalue weighted by atomic mass is 19.3. The predicted octanol–water partition coefficient (Wildman–Crippen LogP) is 2.64. The first-order valence-electron chi connectivity index (χ1n) is 6.09. The van der Waals surface area contributed by atoms with Crippen LogP contribution in [0.5, 0.6) is 0 Å². The molecule has 1 saturated carbocycles. The van der Waals surface area contributed by atoms with Gasteiger partial charge in [-0.1, -0.05) is 0 Å². The van der Waals surface area contributed by atoms with E-state index in [-0.39, 0.29) is 24.8 Å². The second-order valence-electron chi connectivity index (χ2n) is 5.04. The van der Waals surface area contributed by atoms with Crippen molar-refractivity contribution in [3.8, 4) is 0 Å². The molecule has 0 aromatic carbocycles. The lowest BCUT2D eigenvalue weighted by atomic mass is 9.82. The third-order valence-electron chi connectivity index (χ3n) is 3.57. The average Bonchev–Trinajstić information content (AvgIpc) is 2.62. The Bertz CT molecular complexity index is 376. The van der Waals surface area contributed by atoms with E-state index >= 15 is 0 Å². The van der Waals surface area contributed by atoms with E-state index in [1.54, 1.807) is 10.9 Å². The summed E-state index contributed by atoms with van der Waals surface area (Å²) in [4.78, 5) is 0. The highest BCUT2D eigenvalue weighted by Crippen LogP contribution is 2.39. The Morgan fingerprint density at radius 2 is 2.41 bits per heavy atom. The monoisotopic (exact) mass is 243 g/mol. The van der Waals surface area contributed by atoms with Gasteiger partial charge >= 0.3 is 0 Å². The minimum Gasteiger partial charge on any atom is -0.323 e. The zero-order chi connectivity index (χ0) is 12.5. The molecule has 1 heterocycles. The molecule has 0 spiro atoms. The van der Waals surface area contributed by atoms with Gasteiger partial charge in [0, 0.05) is 32.1 Å². The Morgan fingerprint density at radius 1 is 1.65 bits per heavy atom. The number of nitrogens with two attached hydrogens (primary N) is 1. The van der Waals surface area contributed by atoms with Crippen molar-refractivity contribution >= 4 is 0 Å². The molecule has 2 unspecified atom stereocenters. The Balaban J connectivity index is 1.95. The van der Waals surface area contributed by atoms with Crippen LogP contribution in [-0.4, -0.2) is 15.7 Å². The van der Waals surface area contributed by atoms with Gasteiger partial charge < -0.3 is 5.73 Å². The number of aryl methyl sites for hydroxylation is 1. The van der Waals surface area contributed by atoms with Crippen LogP contribution in [0.4, 0.5) is 8.78 Å². The fourth-order valence-corrected chi connectivity index (χ4v) is 2.70. The van der Waals surface area contributed by atoms with Crippen LogP contribution in [0, 0.1) is 5.92 Å². The quantitative estimate of drug-likeness (QED) is 0.886. The summed E-state index contributed by atoms with van der Waals surface area (Å²) in [5, 5.41) is 4.05. The van der Waals surface area contributed by atoms with Gasteiger partial charge in [-0.15, -0.1) is 0 Å². The molecule has 5 heteroatoms. The molecule has 1 fully saturated rings. The van der Waals surface area contributed by atoms with Crippen LogP contribution >= 0.6 is 0 Å². The van der Waals surface area contributed by atoms with E-state index in [4.69, 9.17) is 5.73 Å². The molecule has 0 bridgehead atoms. The number of alkyl halides is 2. The number of aromatic nitrogens is 2. The normalized spacial score (nSPS) is 25.8. The van der Waals surface area contributed by atoms with E-state index in [9.17, 15) is 8.78 Å². The van der Waals surface area contributed by atoms with E-state index in [0.717, 1.165) is 12.1 Å². The minimum atomic E-state index is -2.49. The lowest BCUT2D eigenvalue weighted by molar-refractivity contribution is -0.0544. The van der Waals surface area contributed by atoms with E-state index in [0.29, 0.717) is 12.8 Å². The fraction of sp³-hybridized carbons (Fsp3) is 0.750. The number of hydrogen-bond donors (Lipinski definition) is 1. The largest absolute Gasteiger partial charge is 0.323 e. The van der Waals surface area contributed by atoms with Crippen molar-refractivity contribution < 1.29 is 8.78 Å². The molecule has 17 heavy (non-hydrogen) atoms. The van der Waals surface area contributed by atoms with Gasteiger partial charge in [-0.25, -0.2) is 8.78 Å². The van der Waals surface area contributed by atoms with E-state index < -0.39 is 5.92 Å². The molecule has 96 valence electrons. The summed E-state index contributed by atoms with van der Waals surface area (Å²) in [6.07, 6.45) is 3.79. The van der Waals surface area contributed by atoms with Crippen molar-refractivity contribution in [2.75, 3.05) is 0 Å². The maximum Gasteiger partial charge on any atom is 0.248 e. The molecule has 0 aliphatic heterocycles. The van der Waals surface area contributed by atoms with Crippen molar-refractivity contribution in [2.24, 2.45) is 18.7 Å². The van der Waals surface area contributed by atoms with Gasteiger partial charge in [0.25, 0.3) is 0 Å². The van der Waals surface area contributed by atoms with Crippen molar-refractivity contribution in [1.82, 2.24) is 9.78 Å². The van der Waals surface area contributed by atoms with Crippen LogP contribution in [0.3, 0.4) is 0 Å². The fourth-order valence-electron chi connectivity index (χ4n) is 2.70. The van der Waals surface area contributed by atoms with Gasteiger partial charge in [0.2, 0.25) is 5.92 Å². The van der Waals surface area contributed by atoms with Gasteiger partial charge in [0.15, 0.2) is 0 Å². The number of hydrogen-bond acceptors (Lipinski definition) is 2. The molecular formula is C12H19F2N3. The summed E-state index contributed by atoms with van der Waals surface area (Å²) in [7, 11) is 1.82. The summed E-state index contributed by atoms with van der Waals surface area (Å²) >= 11 is 0. The highest BCUT2D eigenvalue weighted by Gasteiger charge is 2.36. The second kappa shape index (κ2) is 4.72. The van der Waals surface area contributed by atoms with Crippen molar-refractivity contribution in [3.05, 3.63) is 18.0 Å². The van der Waals surface area contributed by atoms with E-state index in [2.05, 4.69) is 5.10 Å². The maximum absolute atomic E-state index is 13.3. The van der Waals surface area contributed by atoms with Gasteiger partial charge in [-0.05, 0) is 31.2 Å². The minimum absolute atomic E-state index is 0.0153. The van der Waals surface area contributed by atoms with Crippen molar-refractivity contribution in [3.63, 3.8) is 0 Å². The molecular weight excluding hydrogens is 224 g/mol. The van der Waals surface area contributed by atoms with Crippen LogP contribution in [0.15, 0.2) is 12.3 Å². The van der Waals surface area contributed by atoms with Crippen LogP contribution in [0.2, 0.25) is 0 Å². The van der Waals surface area contributed by atoms with E-state index in [1.165, 1.54) is 0 Å². The van der Waals surface area contributed by atoms with Crippen molar-refractivity contribution in [1.29, 1.82) is 0 Å². The summed E-state index contributed by atoms with van der Waals surface area (Å²) in [5.41, 5.74) is 6.97. The summed E-state index contributed by atoms with van der Waals surface area (Å²) in [6.45, 7) is 0. The second-order valence-corrected chi connectivity index (χ2v) is 5.04. The van der Waals surface area contributed by atoms with Gasteiger partial charge in [0.05, 0.1) is 5.69 Å². The number of rotatable bonds is 3. The zero-order valence-corrected chi connectivity index (χ0v) is 10.1. The van der Waals surface area contributed by atoms with Gasteiger partial charge in [0.1, 0.15) is 0 Å². The first-order chi connectivity index (χ1) is 7.98. The molecule has 1 aromatic heterocycles. The Morgan fingerprint density at radius 3 is 3.00 bits per heavy atom. The third-order valence-corrected chi connectivity index (χ3v) is 3.57. The molecule has 1 aromatic rings. The highest BCUT2D eigenvalue weighted by molar-refractivity contribution is 5.06. The van der Waals surface area contributed by atoms with Gasteiger partial charge in [-0.3, -0.25) is 4.68 Å². The maximum atomic E-state index is 13.3. The Labute approximate surface area is 100.0 Å². The molecule has 0 saturated heterocycles. The first kappa shape index (κ1) is 12.5. The van der Waals surface area contributed by atoms with Crippen LogP contribution in [-0.2, 0) is 7.05 Å². The molecule has 2 N–H and O–H groups in total. The average molecular weight is 243 g/mol. The summed E-state index contributed by atoms with van der Waals surface area (Å²) in [5.74, 6) is -2.46. The summed E-state index contributed by atoms with van der Waals surface area (Å²) < 4.78 is 28.3. The van der Waals surface area contributed by atoms with Crippen molar-refractivity contribution in [2.45, 2.75) is 44.1 Å². The zero-order valence-electron chi connectivity index (χ0n) is 10.1. The molecule has 1 aliphatic carbocycles. The molecule has 2 atom stereocenters. The van der Waals surface area contributed by atoms with Crippen LogP contribution in [0.25, 0.3) is 0 Å². The first-order valence-corrected chi connectivity index (χ1v) is 6.09. The molecule has 1 aliphatic rings. The Hall–Kier alpha value is -0.970. The topological polar surface area (TPSA) is 43.8 Å². The predicted molar refractivity (Wildman–Crippen MR) is 61.7 cm³/mol. The Kier molecular flexibility index (Phi) is 3.47. The SMILES string of the molecule is Cn1nccc1C(N)CC1CCCC(F)(F)C1. The lowest BCUT2D eigenvalue weighted by Gasteiger charge is -2.30. The van der Waals surface area contributed by atoms with Gasteiger partial charge in [-0.2, -0.15) is 5.10 Å². The van der Waals surface area contributed by atoms with E-state index in [1.807, 2.05) is 13.1 Å². The summed E-state index contributed by atoms with van der Waals surface area (Å²) in [6, 6.07) is 1.66. The molecule has 0 radical (unpaired) electrons. The standard InChI is InChI=1S/C12H19F2N3/c1-17-11(4-6-16-17)10(15)7-9-3-2-5-12(13,14)8-9/h4,6,9-10H,2-3,5,7-8,15H2,1H3. The van der Waals surface area contributed by atoms with Crippen LogP contribution < -0.4 is 5.73 Å². The third kappa shape index (κ3) is 3.03. The molecule has 2 rings (SSSR count).